The minimum Gasteiger partial charge on any atom is -0.440 e. The molecule has 0 amide bonds. The fraction of sp³-hybridized carbons (Fsp3) is 0.250. The number of hydrogen-bond acceptors (Lipinski definition) is 5. The van der Waals surface area contributed by atoms with Crippen molar-refractivity contribution in [2.75, 3.05) is 13.1 Å². The Hall–Kier alpha value is -3.51. The van der Waals surface area contributed by atoms with E-state index in [0.29, 0.717) is 11.1 Å². The molecule has 2 aromatic carbocycles. The Labute approximate surface area is 204 Å². The molecule has 7 nitrogen and oxygen atoms in total. The van der Waals surface area contributed by atoms with E-state index in [-0.39, 0.29) is 29.8 Å². The Morgan fingerprint density at radius 2 is 1.64 bits per heavy atom. The van der Waals surface area contributed by atoms with Crippen molar-refractivity contribution in [3.8, 4) is 11.3 Å². The van der Waals surface area contributed by atoms with E-state index in [2.05, 4.69) is 9.97 Å². The van der Waals surface area contributed by atoms with Gasteiger partial charge in [0.15, 0.2) is 16.7 Å². The second-order valence-corrected chi connectivity index (χ2v) is 10.5. The standard InChI is InChI=1S/C24H20F4N4O3S/c1-31-13-22(30-14-31)36(33,34)32-11-19(15-4-8-18(25)9-5-15)20(12-32)23-29-10-21(35-23)16-2-6-17(7-3-16)24(26,27)28/h2-10,13-14,19-20H,11-12H2,1H3/t19-,20+/m1/s1. The van der Waals surface area contributed by atoms with Crippen molar-refractivity contribution in [3.05, 3.63) is 90.1 Å². The fourth-order valence-corrected chi connectivity index (χ4v) is 5.79. The van der Waals surface area contributed by atoms with Crippen molar-refractivity contribution < 1.29 is 30.4 Å². The van der Waals surface area contributed by atoms with Crippen molar-refractivity contribution in [3.63, 3.8) is 0 Å². The first-order chi connectivity index (χ1) is 17.0. The topological polar surface area (TPSA) is 81.2 Å². The van der Waals surface area contributed by atoms with Crippen molar-refractivity contribution in [2.24, 2.45) is 7.05 Å². The summed E-state index contributed by atoms with van der Waals surface area (Å²) in [6.07, 6.45) is -0.263. The minimum atomic E-state index is -4.46. The molecule has 1 fully saturated rings. The smallest absolute Gasteiger partial charge is 0.416 e. The lowest BCUT2D eigenvalue weighted by molar-refractivity contribution is -0.137. The molecule has 1 aliphatic heterocycles. The second-order valence-electron chi connectivity index (χ2n) is 8.60. The fourth-order valence-electron chi connectivity index (χ4n) is 4.33. The van der Waals surface area contributed by atoms with Gasteiger partial charge < -0.3 is 8.98 Å². The third-order valence-electron chi connectivity index (χ3n) is 6.21. The molecule has 0 radical (unpaired) electrons. The van der Waals surface area contributed by atoms with E-state index < -0.39 is 39.4 Å². The number of oxazole rings is 1. The lowest BCUT2D eigenvalue weighted by Gasteiger charge is -2.16. The highest BCUT2D eigenvalue weighted by molar-refractivity contribution is 7.89. The highest BCUT2D eigenvalue weighted by Crippen LogP contribution is 2.42. The number of halogens is 4. The summed E-state index contributed by atoms with van der Waals surface area (Å²) in [4.78, 5) is 8.30. The van der Waals surface area contributed by atoms with Crippen molar-refractivity contribution in [2.45, 2.75) is 23.0 Å². The van der Waals surface area contributed by atoms with Gasteiger partial charge in [-0.05, 0) is 29.8 Å². The maximum atomic E-state index is 13.6. The quantitative estimate of drug-likeness (QED) is 0.353. The van der Waals surface area contributed by atoms with E-state index in [1.165, 1.54) is 51.9 Å². The zero-order valence-electron chi connectivity index (χ0n) is 18.9. The van der Waals surface area contributed by atoms with E-state index in [4.69, 9.17) is 4.42 Å². The van der Waals surface area contributed by atoms with Crippen LogP contribution in [0.1, 0.15) is 28.9 Å². The number of hydrogen-bond donors (Lipinski definition) is 0. The summed E-state index contributed by atoms with van der Waals surface area (Å²) in [5.74, 6) is -0.854. The minimum absolute atomic E-state index is 0.0356. The summed E-state index contributed by atoms with van der Waals surface area (Å²) in [6, 6.07) is 10.3. The number of alkyl halides is 3. The van der Waals surface area contributed by atoms with Crippen LogP contribution in [0.2, 0.25) is 0 Å². The Morgan fingerprint density at radius 3 is 2.25 bits per heavy atom. The zero-order valence-corrected chi connectivity index (χ0v) is 19.7. The van der Waals surface area contributed by atoms with Crippen LogP contribution in [0.3, 0.4) is 0 Å². The Bertz CT molecular complexity index is 1480. The first-order valence-corrected chi connectivity index (χ1v) is 12.3. The molecule has 0 unspecified atom stereocenters. The van der Waals surface area contributed by atoms with Gasteiger partial charge in [-0.25, -0.2) is 22.8 Å². The zero-order chi connectivity index (χ0) is 25.7. The first-order valence-electron chi connectivity index (χ1n) is 10.9. The molecular formula is C24H20F4N4O3S. The highest BCUT2D eigenvalue weighted by atomic mass is 32.2. The monoisotopic (exact) mass is 520 g/mol. The van der Waals surface area contributed by atoms with Gasteiger partial charge in [-0.3, -0.25) is 0 Å². The van der Waals surface area contributed by atoms with Crippen LogP contribution in [0.25, 0.3) is 11.3 Å². The average molecular weight is 521 g/mol. The molecule has 2 aromatic heterocycles. The molecule has 36 heavy (non-hydrogen) atoms. The Morgan fingerprint density at radius 1 is 0.972 bits per heavy atom. The van der Waals surface area contributed by atoms with Gasteiger partial charge in [0.1, 0.15) is 5.82 Å². The third kappa shape index (κ3) is 4.53. The van der Waals surface area contributed by atoms with E-state index >= 15 is 0 Å². The molecular weight excluding hydrogens is 500 g/mol. The molecule has 0 aliphatic carbocycles. The summed E-state index contributed by atoms with van der Waals surface area (Å²) in [5, 5.41) is -0.0960. The number of aromatic nitrogens is 3. The number of imidazole rings is 1. The lowest BCUT2D eigenvalue weighted by Crippen LogP contribution is -2.29. The second kappa shape index (κ2) is 8.86. The number of nitrogens with zero attached hydrogens (tertiary/aromatic N) is 4. The molecule has 3 heterocycles. The molecule has 12 heteroatoms. The first kappa shape index (κ1) is 24.2. The third-order valence-corrected chi connectivity index (χ3v) is 7.92. The average Bonchev–Trinajstić information content (AvgIpc) is 3.59. The molecule has 0 bridgehead atoms. The number of rotatable bonds is 5. The molecule has 0 spiro atoms. The van der Waals surface area contributed by atoms with Crippen LogP contribution in [-0.4, -0.2) is 40.3 Å². The summed E-state index contributed by atoms with van der Waals surface area (Å²) in [6.45, 7) is 0.126. The van der Waals surface area contributed by atoms with Gasteiger partial charge in [-0.15, -0.1) is 0 Å². The van der Waals surface area contributed by atoms with Crippen LogP contribution in [0, 0.1) is 5.82 Å². The van der Waals surface area contributed by atoms with Crippen LogP contribution in [-0.2, 0) is 23.2 Å². The maximum absolute atomic E-state index is 13.6. The molecule has 5 rings (SSSR count). The molecule has 1 saturated heterocycles. The van der Waals surface area contributed by atoms with Crippen LogP contribution in [0.5, 0.6) is 0 Å². The van der Waals surface area contributed by atoms with Gasteiger partial charge >= 0.3 is 6.18 Å². The predicted octanol–water partition coefficient (Wildman–Crippen LogP) is 4.80. The summed E-state index contributed by atoms with van der Waals surface area (Å²) in [7, 11) is -2.26. The normalized spacial score (nSPS) is 19.1. The van der Waals surface area contributed by atoms with Gasteiger partial charge in [-0.2, -0.15) is 17.5 Å². The van der Waals surface area contributed by atoms with E-state index in [1.807, 2.05) is 0 Å². The van der Waals surface area contributed by atoms with Gasteiger partial charge in [0.05, 0.1) is 24.0 Å². The van der Waals surface area contributed by atoms with E-state index in [0.717, 1.165) is 12.1 Å². The van der Waals surface area contributed by atoms with E-state index in [9.17, 15) is 26.0 Å². The number of sulfonamides is 1. The van der Waals surface area contributed by atoms with Crippen LogP contribution in [0.15, 0.2) is 76.7 Å². The van der Waals surface area contributed by atoms with Crippen LogP contribution >= 0.6 is 0 Å². The molecule has 1 aliphatic rings. The highest BCUT2D eigenvalue weighted by Gasteiger charge is 2.43. The van der Waals surface area contributed by atoms with Crippen molar-refractivity contribution in [1.29, 1.82) is 0 Å². The molecule has 188 valence electrons. The molecule has 0 N–H and O–H groups in total. The maximum Gasteiger partial charge on any atom is 0.416 e. The van der Waals surface area contributed by atoms with Gasteiger partial charge in [0, 0.05) is 37.8 Å². The van der Waals surface area contributed by atoms with Gasteiger partial charge in [0.25, 0.3) is 10.0 Å². The number of benzene rings is 2. The van der Waals surface area contributed by atoms with E-state index in [1.54, 1.807) is 19.2 Å². The summed E-state index contributed by atoms with van der Waals surface area (Å²) in [5.41, 5.74) is 0.318. The molecule has 2 atom stereocenters. The Kier molecular flexibility index (Phi) is 5.95. The van der Waals surface area contributed by atoms with Crippen molar-refractivity contribution in [1.82, 2.24) is 18.8 Å². The van der Waals surface area contributed by atoms with Gasteiger partial charge in [-0.1, -0.05) is 24.3 Å². The Balaban J connectivity index is 1.48. The lowest BCUT2D eigenvalue weighted by atomic mass is 9.89. The van der Waals surface area contributed by atoms with Gasteiger partial charge in [0.2, 0.25) is 0 Å². The predicted molar refractivity (Wildman–Crippen MR) is 121 cm³/mol. The largest absolute Gasteiger partial charge is 0.440 e. The summed E-state index contributed by atoms with van der Waals surface area (Å²) >= 11 is 0. The molecule has 4 aromatic rings. The van der Waals surface area contributed by atoms with Crippen molar-refractivity contribution >= 4 is 10.0 Å². The van der Waals surface area contributed by atoms with Crippen LogP contribution < -0.4 is 0 Å². The summed E-state index contributed by atoms with van der Waals surface area (Å²) < 4.78 is 87.5. The molecule has 0 saturated carbocycles. The van der Waals surface area contributed by atoms with Crippen LogP contribution in [0.4, 0.5) is 17.6 Å². The number of aryl methyl sites for hydroxylation is 1. The SMILES string of the molecule is Cn1cnc(S(=O)(=O)N2C[C@H](c3ccc(F)cc3)[C@@H](c3ncc(-c4ccc(C(F)(F)F)cc4)o3)C2)c1.